The first-order valence-corrected chi connectivity index (χ1v) is 8.72. The fraction of sp³-hybridized carbons (Fsp3) is 0.632. The Morgan fingerprint density at radius 3 is 2.55 bits per heavy atom. The molecule has 1 heterocycles. The van der Waals surface area contributed by atoms with Gasteiger partial charge in [0.1, 0.15) is 0 Å². The number of amides is 1. The van der Waals surface area contributed by atoms with Crippen molar-refractivity contribution in [1.29, 1.82) is 0 Å². The molecule has 2 aliphatic rings. The van der Waals surface area contributed by atoms with E-state index in [-0.39, 0.29) is 5.41 Å². The highest BCUT2D eigenvalue weighted by atomic mass is 16.2. The first-order chi connectivity index (χ1) is 10.6. The van der Waals surface area contributed by atoms with Crippen molar-refractivity contribution in [3.8, 4) is 0 Å². The summed E-state index contributed by atoms with van der Waals surface area (Å²) in [4.78, 5) is 15.5. The van der Waals surface area contributed by atoms with Crippen LogP contribution in [0.5, 0.6) is 0 Å². The van der Waals surface area contributed by atoms with Crippen LogP contribution >= 0.6 is 0 Å². The topological polar surface area (TPSA) is 32.3 Å². The summed E-state index contributed by atoms with van der Waals surface area (Å²) in [5, 5.41) is 3.55. The fourth-order valence-corrected chi connectivity index (χ4v) is 4.07. The number of hydrogen-bond donors (Lipinski definition) is 1. The molecule has 3 heteroatoms. The maximum atomic E-state index is 13.4. The first-order valence-electron chi connectivity index (χ1n) is 8.72. The van der Waals surface area contributed by atoms with Gasteiger partial charge in [-0.05, 0) is 24.3 Å². The van der Waals surface area contributed by atoms with Gasteiger partial charge in [-0.15, -0.1) is 0 Å². The Bertz CT molecular complexity index is 505. The third-order valence-electron chi connectivity index (χ3n) is 5.49. The third kappa shape index (κ3) is 2.79. The lowest BCUT2D eigenvalue weighted by Crippen LogP contribution is -2.58. The summed E-state index contributed by atoms with van der Waals surface area (Å²) in [5.74, 6) is 0.926. The van der Waals surface area contributed by atoms with E-state index < -0.39 is 0 Å². The van der Waals surface area contributed by atoms with E-state index in [1.165, 1.54) is 18.4 Å². The number of hydrogen-bond acceptors (Lipinski definition) is 2. The monoisotopic (exact) mass is 300 g/mol. The predicted octanol–water partition coefficient (Wildman–Crippen LogP) is 2.95. The van der Waals surface area contributed by atoms with Gasteiger partial charge in [-0.25, -0.2) is 0 Å². The SMILES string of the molecule is CC(C)C1CN(C(=O)C2(c3ccccc3)CCCC2)CCN1. The predicted molar refractivity (Wildman–Crippen MR) is 89.8 cm³/mol. The molecule has 1 atom stereocenters. The van der Waals surface area contributed by atoms with Crippen LogP contribution in [0.15, 0.2) is 30.3 Å². The molecule has 3 rings (SSSR count). The molecule has 0 bridgehead atoms. The molecule has 0 spiro atoms. The Balaban J connectivity index is 1.84. The number of carbonyl (C=O) groups excluding carboxylic acids is 1. The lowest BCUT2D eigenvalue weighted by atomic mass is 9.77. The van der Waals surface area contributed by atoms with Crippen LogP contribution in [-0.4, -0.2) is 36.5 Å². The number of piperazine rings is 1. The first kappa shape index (κ1) is 15.5. The molecular weight excluding hydrogens is 272 g/mol. The second kappa shape index (κ2) is 6.41. The smallest absolute Gasteiger partial charge is 0.233 e. The highest BCUT2D eigenvalue weighted by Gasteiger charge is 2.45. The van der Waals surface area contributed by atoms with Crippen LogP contribution in [0.25, 0.3) is 0 Å². The minimum absolute atomic E-state index is 0.264. The zero-order valence-electron chi connectivity index (χ0n) is 13.8. The van der Waals surface area contributed by atoms with Gasteiger partial charge in [-0.3, -0.25) is 4.79 Å². The van der Waals surface area contributed by atoms with E-state index >= 15 is 0 Å². The van der Waals surface area contributed by atoms with E-state index in [1.807, 2.05) is 6.07 Å². The minimum atomic E-state index is -0.264. The van der Waals surface area contributed by atoms with Gasteiger partial charge >= 0.3 is 0 Å². The summed E-state index contributed by atoms with van der Waals surface area (Å²) in [6.07, 6.45) is 4.35. The molecule has 2 fully saturated rings. The molecule has 22 heavy (non-hydrogen) atoms. The lowest BCUT2D eigenvalue weighted by molar-refractivity contribution is -0.138. The zero-order chi connectivity index (χ0) is 15.6. The highest BCUT2D eigenvalue weighted by Crippen LogP contribution is 2.42. The summed E-state index contributed by atoms with van der Waals surface area (Å²) in [7, 11) is 0. The van der Waals surface area contributed by atoms with Crippen LogP contribution in [0.1, 0.15) is 45.1 Å². The second-order valence-electron chi connectivity index (χ2n) is 7.21. The molecule has 1 amide bonds. The third-order valence-corrected chi connectivity index (χ3v) is 5.49. The normalized spacial score (nSPS) is 24.7. The lowest BCUT2D eigenvalue weighted by Gasteiger charge is -2.41. The van der Waals surface area contributed by atoms with Crippen LogP contribution in [0.3, 0.4) is 0 Å². The Labute approximate surface area is 134 Å². The van der Waals surface area contributed by atoms with Crippen LogP contribution < -0.4 is 5.32 Å². The molecule has 1 aliphatic carbocycles. The second-order valence-corrected chi connectivity index (χ2v) is 7.21. The van der Waals surface area contributed by atoms with E-state index in [0.717, 1.165) is 32.5 Å². The van der Waals surface area contributed by atoms with Crippen molar-refractivity contribution in [2.24, 2.45) is 5.92 Å². The van der Waals surface area contributed by atoms with E-state index in [2.05, 4.69) is 48.3 Å². The Morgan fingerprint density at radius 2 is 1.91 bits per heavy atom. The summed E-state index contributed by atoms with van der Waals surface area (Å²) in [6, 6.07) is 10.9. The van der Waals surface area contributed by atoms with Crippen molar-refractivity contribution in [3.05, 3.63) is 35.9 Å². The Morgan fingerprint density at radius 1 is 1.23 bits per heavy atom. The number of rotatable bonds is 3. The summed E-state index contributed by atoms with van der Waals surface area (Å²) >= 11 is 0. The van der Waals surface area contributed by atoms with Crippen LogP contribution in [0.2, 0.25) is 0 Å². The standard InChI is InChI=1S/C19H28N2O/c1-15(2)17-14-21(13-12-20-17)18(22)19(10-6-7-11-19)16-8-4-3-5-9-16/h3-5,8-9,15,17,20H,6-7,10-14H2,1-2H3. The molecule has 120 valence electrons. The van der Waals surface area contributed by atoms with Crippen molar-refractivity contribution in [1.82, 2.24) is 10.2 Å². The molecule has 1 aliphatic heterocycles. The van der Waals surface area contributed by atoms with E-state index in [9.17, 15) is 4.79 Å². The summed E-state index contributed by atoms with van der Waals surface area (Å²) in [6.45, 7) is 7.07. The van der Waals surface area contributed by atoms with Crippen LogP contribution in [-0.2, 0) is 10.2 Å². The Kier molecular flexibility index (Phi) is 4.53. The molecule has 0 radical (unpaired) electrons. The van der Waals surface area contributed by atoms with Gasteiger partial charge in [-0.1, -0.05) is 57.0 Å². The van der Waals surface area contributed by atoms with Gasteiger partial charge in [0.05, 0.1) is 5.41 Å². The molecule has 1 N–H and O–H groups in total. The maximum absolute atomic E-state index is 13.4. The van der Waals surface area contributed by atoms with E-state index in [4.69, 9.17) is 0 Å². The van der Waals surface area contributed by atoms with Crippen LogP contribution in [0, 0.1) is 5.92 Å². The average molecular weight is 300 g/mol. The van der Waals surface area contributed by atoms with Gasteiger partial charge in [0.25, 0.3) is 0 Å². The average Bonchev–Trinajstić information content (AvgIpc) is 3.06. The maximum Gasteiger partial charge on any atom is 0.233 e. The van der Waals surface area contributed by atoms with Crippen molar-refractivity contribution in [2.75, 3.05) is 19.6 Å². The number of nitrogens with zero attached hydrogens (tertiary/aromatic N) is 1. The number of carbonyl (C=O) groups is 1. The van der Waals surface area contributed by atoms with Crippen molar-refractivity contribution < 1.29 is 4.79 Å². The molecule has 1 aromatic carbocycles. The summed E-state index contributed by atoms with van der Waals surface area (Å²) < 4.78 is 0. The highest BCUT2D eigenvalue weighted by molar-refractivity contribution is 5.88. The molecule has 0 aromatic heterocycles. The van der Waals surface area contributed by atoms with Gasteiger partial charge in [-0.2, -0.15) is 0 Å². The van der Waals surface area contributed by atoms with E-state index in [0.29, 0.717) is 17.9 Å². The molecular formula is C19H28N2O. The summed E-state index contributed by atoms with van der Waals surface area (Å²) in [5.41, 5.74) is 0.956. The van der Waals surface area contributed by atoms with Crippen molar-refractivity contribution >= 4 is 5.91 Å². The van der Waals surface area contributed by atoms with Crippen molar-refractivity contribution in [3.63, 3.8) is 0 Å². The zero-order valence-corrected chi connectivity index (χ0v) is 13.8. The molecule has 1 saturated carbocycles. The minimum Gasteiger partial charge on any atom is -0.339 e. The number of benzene rings is 1. The van der Waals surface area contributed by atoms with Gasteiger partial charge in [0.2, 0.25) is 5.91 Å². The quantitative estimate of drug-likeness (QED) is 0.931. The molecule has 1 aromatic rings. The van der Waals surface area contributed by atoms with E-state index in [1.54, 1.807) is 0 Å². The molecule has 1 saturated heterocycles. The Hall–Kier alpha value is -1.35. The fourth-order valence-electron chi connectivity index (χ4n) is 4.07. The van der Waals surface area contributed by atoms with Gasteiger partial charge in [0.15, 0.2) is 0 Å². The van der Waals surface area contributed by atoms with Crippen molar-refractivity contribution in [2.45, 2.75) is 51.0 Å². The molecule has 3 nitrogen and oxygen atoms in total. The van der Waals surface area contributed by atoms with Gasteiger partial charge in [0, 0.05) is 25.7 Å². The largest absolute Gasteiger partial charge is 0.339 e. The van der Waals surface area contributed by atoms with Gasteiger partial charge < -0.3 is 10.2 Å². The molecule has 1 unspecified atom stereocenters. The van der Waals surface area contributed by atoms with Crippen LogP contribution in [0.4, 0.5) is 0 Å². The number of nitrogens with one attached hydrogen (secondary N) is 1.